The lowest BCUT2D eigenvalue weighted by molar-refractivity contribution is -0.174. The van der Waals surface area contributed by atoms with E-state index in [2.05, 4.69) is 51.5 Å². The van der Waals surface area contributed by atoms with E-state index in [4.69, 9.17) is 34.4 Å². The van der Waals surface area contributed by atoms with Crippen LogP contribution in [0.5, 0.6) is 0 Å². The second kappa shape index (κ2) is 26.8. The van der Waals surface area contributed by atoms with Crippen molar-refractivity contribution in [1.29, 1.82) is 0 Å². The van der Waals surface area contributed by atoms with Crippen LogP contribution in [0.25, 0.3) is 12.2 Å². The molecule has 4 amide bonds. The first-order chi connectivity index (χ1) is 39.2. The number of amides is 4. The Morgan fingerprint density at radius 3 is 1.87 bits per heavy atom. The number of aromatic nitrogens is 4. The van der Waals surface area contributed by atoms with E-state index < -0.39 is 100.0 Å². The number of β-lactam (4-membered cyclic amide) rings is 1. The molecule has 4 aromatic rings. The normalized spacial score (nSPS) is 18.9. The van der Waals surface area contributed by atoms with Crippen molar-refractivity contribution in [3.63, 3.8) is 0 Å². The zero-order valence-corrected chi connectivity index (χ0v) is 51.5. The Balaban J connectivity index is 1.13. The first-order valence-electron chi connectivity index (χ1n) is 24.7. The Hall–Kier alpha value is -7.52. The van der Waals surface area contributed by atoms with Crippen molar-refractivity contribution >= 4 is 150 Å². The zero-order valence-electron chi connectivity index (χ0n) is 46.6. The summed E-state index contributed by atoms with van der Waals surface area (Å²) < 4.78 is 21.2. The number of nitrogens with two attached hydrogens (primary N) is 1. The molecule has 1 saturated heterocycles. The van der Waals surface area contributed by atoms with Gasteiger partial charge in [-0.3, -0.25) is 33.7 Å². The first kappa shape index (κ1) is 63.1. The number of oxime groups is 2. The molecule has 6 N–H and O–H groups in total. The number of carbonyl (C=O) groups excluding carboxylic acids is 8. The summed E-state index contributed by atoms with van der Waals surface area (Å²) in [6.45, 7) is 13.6. The van der Waals surface area contributed by atoms with E-state index in [0.29, 0.717) is 11.1 Å². The molecular weight excluding hydrogens is 1200 g/mol. The topological polar surface area (TPSA) is 346 Å². The Morgan fingerprint density at radius 1 is 0.771 bits per heavy atom. The number of thiazole rings is 4. The highest BCUT2D eigenvalue weighted by molar-refractivity contribution is 8.01. The monoisotopic (exact) mass is 1250 g/mol. The molecule has 4 atom stereocenters. The highest BCUT2D eigenvalue weighted by atomic mass is 32.2. The van der Waals surface area contributed by atoms with Crippen LogP contribution in [0.15, 0.2) is 66.8 Å². The zero-order chi connectivity index (χ0) is 60.6. The molecule has 442 valence electrons. The first-order valence-corrected chi connectivity index (χ1v) is 30.3. The summed E-state index contributed by atoms with van der Waals surface area (Å²) in [5.74, 6) is -6.29. The third-order valence-corrected chi connectivity index (χ3v) is 17.9. The van der Waals surface area contributed by atoms with Gasteiger partial charge >= 0.3 is 23.9 Å². The maximum atomic E-state index is 14.9. The molecule has 0 aromatic carbocycles. The molecule has 7 rings (SSSR count). The van der Waals surface area contributed by atoms with Crippen molar-refractivity contribution in [3.8, 4) is 0 Å². The minimum Gasteiger partial charge on any atom is -0.427 e. The summed E-state index contributed by atoms with van der Waals surface area (Å²) in [6, 6.07) is -2.82. The van der Waals surface area contributed by atoms with Crippen LogP contribution in [0.2, 0.25) is 0 Å². The fraction of sp³-hybridized carbons (Fsp3) is 0.412. The van der Waals surface area contributed by atoms with Crippen molar-refractivity contribution < 1.29 is 67.0 Å². The van der Waals surface area contributed by atoms with Crippen molar-refractivity contribution in [2.75, 3.05) is 50.4 Å². The van der Waals surface area contributed by atoms with E-state index in [1.165, 1.54) is 64.3 Å². The van der Waals surface area contributed by atoms with Gasteiger partial charge in [-0.05, 0) is 85.6 Å². The van der Waals surface area contributed by atoms with Crippen LogP contribution in [0.4, 0.5) is 10.3 Å². The number of carbonyl (C=O) groups is 8. The van der Waals surface area contributed by atoms with Gasteiger partial charge in [0.2, 0.25) is 13.6 Å². The van der Waals surface area contributed by atoms with Gasteiger partial charge in [-0.2, -0.15) is 0 Å². The van der Waals surface area contributed by atoms with E-state index in [1.807, 2.05) is 13.8 Å². The Kier molecular flexibility index (Phi) is 20.4. The molecule has 0 spiro atoms. The number of thioether (sulfide) groups is 2. The number of nitrogen functional groups attached to an aromatic ring is 1. The average Bonchev–Trinajstić information content (AvgIpc) is 2.14. The largest absolute Gasteiger partial charge is 0.427 e. The molecule has 83 heavy (non-hydrogen) atoms. The number of rotatable bonds is 21. The predicted octanol–water partition coefficient (Wildman–Crippen LogP) is 5.10. The Labute approximate surface area is 500 Å². The molecule has 0 unspecified atom stereocenters. The molecule has 26 nitrogen and oxygen atoms in total. The lowest BCUT2D eigenvalue weighted by Crippen LogP contribution is -2.71. The minimum atomic E-state index is -1.63. The van der Waals surface area contributed by atoms with Gasteiger partial charge in [0.25, 0.3) is 23.6 Å². The lowest BCUT2D eigenvalue weighted by atomic mass is 9.97. The van der Waals surface area contributed by atoms with Crippen LogP contribution in [-0.4, -0.2) is 145 Å². The van der Waals surface area contributed by atoms with Crippen molar-refractivity contribution in [3.05, 3.63) is 89.0 Å². The van der Waals surface area contributed by atoms with Gasteiger partial charge in [0.1, 0.15) is 59.3 Å². The van der Waals surface area contributed by atoms with Gasteiger partial charge < -0.3 is 55.6 Å². The standard InChI is InChI=1S/C51H58N12O14S6/c1-24-30(81-20-53-24)14-12-26-17-83-51(9,60-32(26)43(68)74-22-76-45(70)49(3,4)5)37(58-39(65)33(61-72-10)28-18-79-47(52)55-28)40(66)59-48-56-29(19-80-48)34(62-73-11)38(64)57-35-41(67)63-36(44(69)75-23-77-46(71)50(6,7)8)27(16-78-42(35)63)13-15-31-25(2)54-21-82-31/h12-15,18-21,35,37,42,60H,16-17,22-23H2,1-11H3,(H2,52,55)(H,57,64)(H,58,65)(H,56,59,66)/b14-12-,15-13-,61-33-,62-34-/t35-,37-,42-,51-/m1/s1. The summed E-state index contributed by atoms with van der Waals surface area (Å²) in [5.41, 5.74) is 8.73. The number of allylic oxidation sites excluding steroid dienone is 2. The Morgan fingerprint density at radius 2 is 1.33 bits per heavy atom. The summed E-state index contributed by atoms with van der Waals surface area (Å²) in [6.07, 6.45) is 6.89. The average molecular weight is 1260 g/mol. The number of hydrogen-bond acceptors (Lipinski definition) is 28. The quantitative estimate of drug-likeness (QED) is 0.0238. The SMILES string of the molecule is CO/N=C(\C(=O)N[C@@H]1C(=O)N2C(C(=O)OCOC(=O)C(C)(C)C)=C(/C=C\c3scnc3C)CS[C@H]12)c1csc(NC(=O)[C@@H](NC(=O)/C(=N\OC)c2csc(N)n2)[C@]2(C)NC(C(=O)OCOC(=O)C(C)(C)C)=C(/C=C\c3scnc3C)CS2)n1. The smallest absolute Gasteiger partial charge is 0.358 e. The predicted molar refractivity (Wildman–Crippen MR) is 314 cm³/mol. The molecule has 0 aliphatic carbocycles. The van der Waals surface area contributed by atoms with E-state index in [-0.39, 0.29) is 50.3 Å². The molecule has 0 radical (unpaired) electrons. The molecule has 1 fully saturated rings. The highest BCUT2D eigenvalue weighted by Crippen LogP contribution is 2.42. The third-order valence-electron chi connectivity index (χ3n) is 12.0. The van der Waals surface area contributed by atoms with E-state index in [1.54, 1.807) is 83.8 Å². The molecular formula is C51H58N12O14S6. The molecule has 0 saturated carbocycles. The van der Waals surface area contributed by atoms with Crippen LogP contribution in [0.1, 0.15) is 81.0 Å². The number of nitrogens with zero attached hydrogens (tertiary/aromatic N) is 7. The second-order valence-corrected chi connectivity index (χ2v) is 26.2. The minimum absolute atomic E-state index is 0.0291. The third kappa shape index (κ3) is 15.2. The number of ether oxygens (including phenoxy) is 4. The molecule has 32 heteroatoms. The fourth-order valence-corrected chi connectivity index (χ4v) is 12.7. The van der Waals surface area contributed by atoms with Gasteiger partial charge in [-0.1, -0.05) is 22.5 Å². The van der Waals surface area contributed by atoms with Crippen LogP contribution >= 0.6 is 68.9 Å². The number of esters is 4. The van der Waals surface area contributed by atoms with Crippen LogP contribution in [-0.2, 0) is 67.0 Å². The summed E-state index contributed by atoms with van der Waals surface area (Å²) in [7, 11) is 2.39. The van der Waals surface area contributed by atoms with Gasteiger partial charge in [0.05, 0.1) is 33.2 Å². The van der Waals surface area contributed by atoms with Crippen LogP contribution in [0, 0.1) is 24.7 Å². The summed E-state index contributed by atoms with van der Waals surface area (Å²) in [5, 5.41) is 21.0. The van der Waals surface area contributed by atoms with Gasteiger partial charge in [-0.15, -0.1) is 68.9 Å². The van der Waals surface area contributed by atoms with Crippen LogP contribution in [0.3, 0.4) is 0 Å². The number of aryl methyl sites for hydroxylation is 2. The number of nitrogens with one attached hydrogen (secondary N) is 4. The number of hydrogen-bond donors (Lipinski definition) is 5. The van der Waals surface area contributed by atoms with E-state index in [0.717, 1.165) is 55.6 Å². The fourth-order valence-electron chi connectivity index (χ4n) is 7.50. The van der Waals surface area contributed by atoms with Crippen molar-refractivity contribution in [1.82, 2.24) is 40.8 Å². The molecule has 4 aromatic heterocycles. The highest BCUT2D eigenvalue weighted by Gasteiger charge is 2.55. The van der Waals surface area contributed by atoms with Gasteiger partial charge in [0.15, 0.2) is 21.7 Å². The van der Waals surface area contributed by atoms with E-state index >= 15 is 0 Å². The van der Waals surface area contributed by atoms with Gasteiger partial charge in [0, 0.05) is 32.0 Å². The molecule has 3 aliphatic heterocycles. The Bertz CT molecular complexity index is 3380. The second-order valence-electron chi connectivity index (χ2n) is 20.1. The molecule has 7 heterocycles. The maximum absolute atomic E-state index is 14.9. The summed E-state index contributed by atoms with van der Waals surface area (Å²) >= 11 is 7.04. The van der Waals surface area contributed by atoms with Crippen molar-refractivity contribution in [2.24, 2.45) is 21.1 Å². The number of anilines is 2. The maximum Gasteiger partial charge on any atom is 0.358 e. The van der Waals surface area contributed by atoms with Gasteiger partial charge in [-0.25, -0.2) is 29.5 Å². The molecule has 3 aliphatic rings. The molecule has 0 bridgehead atoms. The van der Waals surface area contributed by atoms with Crippen LogP contribution < -0.4 is 27.0 Å². The lowest BCUT2D eigenvalue weighted by Gasteiger charge is -2.49. The van der Waals surface area contributed by atoms with Crippen molar-refractivity contribution in [2.45, 2.75) is 84.6 Å². The number of fused-ring (bicyclic) bond motifs is 1. The van der Waals surface area contributed by atoms with E-state index in [9.17, 15) is 38.4 Å². The summed E-state index contributed by atoms with van der Waals surface area (Å²) in [4.78, 5) is 139.